The van der Waals surface area contributed by atoms with Gasteiger partial charge in [0.05, 0.1) is 12.1 Å². The third-order valence-electron chi connectivity index (χ3n) is 4.96. The minimum absolute atomic E-state index is 0.0280. The van der Waals surface area contributed by atoms with E-state index in [9.17, 15) is 4.79 Å². The molecule has 32 heavy (non-hydrogen) atoms. The third-order valence-corrected chi connectivity index (χ3v) is 5.54. The largest absolute Gasteiger partial charge is 0.461 e. The molecule has 160 valence electrons. The van der Waals surface area contributed by atoms with Crippen LogP contribution in [-0.2, 0) is 20.0 Å². The average Bonchev–Trinajstić information content (AvgIpc) is 3.38. The van der Waals surface area contributed by atoms with Crippen LogP contribution in [0.2, 0.25) is 0 Å². The third kappa shape index (κ3) is 4.31. The Morgan fingerprint density at radius 3 is 1.78 bits per heavy atom. The normalized spacial score (nSPS) is 11.7. The van der Waals surface area contributed by atoms with Gasteiger partial charge in [-0.15, -0.1) is 11.3 Å². The summed E-state index contributed by atoms with van der Waals surface area (Å²) in [6.45, 7) is 1.98. The van der Waals surface area contributed by atoms with Crippen molar-refractivity contribution in [1.29, 1.82) is 0 Å². The van der Waals surface area contributed by atoms with Crippen molar-refractivity contribution in [3.8, 4) is 0 Å². The second kappa shape index (κ2) is 10.0. The van der Waals surface area contributed by atoms with Crippen LogP contribution in [0.4, 0.5) is 0 Å². The minimum Gasteiger partial charge on any atom is -0.461 e. The molecule has 0 saturated carbocycles. The van der Waals surface area contributed by atoms with E-state index < -0.39 is 11.6 Å². The van der Waals surface area contributed by atoms with E-state index in [4.69, 9.17) is 9.57 Å². The fourth-order valence-corrected chi connectivity index (χ4v) is 4.05. The number of thiazole rings is 1. The maximum atomic E-state index is 12.7. The van der Waals surface area contributed by atoms with Crippen molar-refractivity contribution in [2.45, 2.75) is 12.5 Å². The van der Waals surface area contributed by atoms with Gasteiger partial charge < -0.3 is 9.57 Å². The number of hydrogen-bond acceptors (Lipinski definition) is 6. The highest BCUT2D eigenvalue weighted by Gasteiger charge is 2.40. The molecule has 0 spiro atoms. The molecule has 0 unspecified atom stereocenters. The summed E-state index contributed by atoms with van der Waals surface area (Å²) in [7, 11) is 0. The summed E-state index contributed by atoms with van der Waals surface area (Å²) in [5.74, 6) is -0.582. The average molecular weight is 443 g/mol. The van der Waals surface area contributed by atoms with Crippen LogP contribution >= 0.6 is 11.3 Å². The summed E-state index contributed by atoms with van der Waals surface area (Å²) in [6, 6.07) is 29.5. The van der Waals surface area contributed by atoms with Crippen LogP contribution in [0, 0.1) is 0 Å². The Balaban J connectivity index is 1.93. The molecule has 6 heteroatoms. The van der Waals surface area contributed by atoms with Crippen LogP contribution in [0.25, 0.3) is 0 Å². The molecule has 1 aromatic heterocycles. The van der Waals surface area contributed by atoms with E-state index in [1.165, 1.54) is 11.3 Å². The fourth-order valence-electron chi connectivity index (χ4n) is 3.51. The molecule has 0 bridgehead atoms. The minimum atomic E-state index is -1.09. The number of nitrogens with zero attached hydrogens (tertiary/aromatic N) is 2. The lowest BCUT2D eigenvalue weighted by Crippen LogP contribution is -2.32. The SMILES string of the molecule is CCOC(=O)C(=NOC(c1ccccc1)(c1ccccc1)c1ccccc1)c1cscn1. The molecule has 1 heterocycles. The van der Waals surface area contributed by atoms with Gasteiger partial charge in [0.15, 0.2) is 0 Å². The first-order valence-corrected chi connectivity index (χ1v) is 11.2. The molecule has 4 rings (SSSR count). The van der Waals surface area contributed by atoms with E-state index in [1.807, 2.05) is 91.0 Å². The Labute approximate surface area is 191 Å². The van der Waals surface area contributed by atoms with Crippen LogP contribution in [0.15, 0.2) is 107 Å². The number of oxime groups is 1. The van der Waals surface area contributed by atoms with Gasteiger partial charge in [0.25, 0.3) is 0 Å². The highest BCUT2D eigenvalue weighted by atomic mass is 32.1. The zero-order valence-corrected chi connectivity index (χ0v) is 18.4. The predicted molar refractivity (Wildman–Crippen MR) is 126 cm³/mol. The Morgan fingerprint density at radius 2 is 1.38 bits per heavy atom. The molecular formula is C26H22N2O3S. The van der Waals surface area contributed by atoms with E-state index in [-0.39, 0.29) is 12.3 Å². The van der Waals surface area contributed by atoms with Crippen molar-refractivity contribution in [3.63, 3.8) is 0 Å². The molecule has 4 aromatic rings. The van der Waals surface area contributed by atoms with Crippen LogP contribution in [0.5, 0.6) is 0 Å². The first-order chi connectivity index (χ1) is 15.8. The molecule has 0 aliphatic heterocycles. The number of carbonyl (C=O) groups excluding carboxylic acids is 1. The Morgan fingerprint density at radius 1 is 0.875 bits per heavy atom. The zero-order valence-electron chi connectivity index (χ0n) is 17.5. The molecule has 0 N–H and O–H groups in total. The summed E-state index contributed by atoms with van der Waals surface area (Å²) in [6.07, 6.45) is 0. The molecule has 0 saturated heterocycles. The summed E-state index contributed by atoms with van der Waals surface area (Å²) in [5, 5.41) is 6.12. The monoisotopic (exact) mass is 442 g/mol. The van der Waals surface area contributed by atoms with Gasteiger partial charge in [-0.2, -0.15) is 0 Å². The van der Waals surface area contributed by atoms with Crippen LogP contribution in [0.3, 0.4) is 0 Å². The number of carbonyl (C=O) groups is 1. The molecule has 0 aliphatic carbocycles. The summed E-state index contributed by atoms with van der Waals surface area (Å²) in [4.78, 5) is 23.3. The molecule has 0 radical (unpaired) electrons. The van der Waals surface area contributed by atoms with Crippen LogP contribution < -0.4 is 0 Å². The van der Waals surface area contributed by atoms with Crippen molar-refractivity contribution in [2.24, 2.45) is 5.16 Å². The van der Waals surface area contributed by atoms with Crippen molar-refractivity contribution in [3.05, 3.63) is 124 Å². The molecule has 0 atom stereocenters. The van der Waals surface area contributed by atoms with Crippen LogP contribution in [0.1, 0.15) is 29.3 Å². The smallest absolute Gasteiger partial charge is 0.362 e. The Kier molecular flexibility index (Phi) is 6.72. The van der Waals surface area contributed by atoms with Crippen LogP contribution in [-0.4, -0.2) is 23.3 Å². The maximum absolute atomic E-state index is 12.7. The first-order valence-electron chi connectivity index (χ1n) is 10.2. The van der Waals surface area contributed by atoms with E-state index in [1.54, 1.807) is 17.8 Å². The topological polar surface area (TPSA) is 60.8 Å². The number of benzene rings is 3. The van der Waals surface area contributed by atoms with Crippen molar-refractivity contribution in [2.75, 3.05) is 6.61 Å². The number of ether oxygens (including phenoxy) is 1. The molecule has 0 amide bonds. The van der Waals surface area contributed by atoms with Gasteiger partial charge in [-0.3, -0.25) is 0 Å². The fraction of sp³-hybridized carbons (Fsp3) is 0.115. The molecule has 3 aromatic carbocycles. The van der Waals surface area contributed by atoms with E-state index in [0.717, 1.165) is 16.7 Å². The molecular weight excluding hydrogens is 420 g/mol. The molecule has 0 aliphatic rings. The number of hydrogen-bond donors (Lipinski definition) is 0. The summed E-state index contributed by atoms with van der Waals surface area (Å²) in [5.41, 5.74) is 3.63. The second-order valence-corrected chi connectivity index (χ2v) is 7.62. The Bertz CT molecular complexity index is 1070. The van der Waals surface area contributed by atoms with Gasteiger partial charge in [-0.05, 0) is 6.92 Å². The van der Waals surface area contributed by atoms with E-state index >= 15 is 0 Å². The lowest BCUT2D eigenvalue weighted by Gasteiger charge is -2.33. The number of aromatic nitrogens is 1. The second-order valence-electron chi connectivity index (χ2n) is 6.90. The van der Waals surface area contributed by atoms with Gasteiger partial charge in [-0.25, -0.2) is 9.78 Å². The van der Waals surface area contributed by atoms with Gasteiger partial charge in [-0.1, -0.05) is 96.2 Å². The van der Waals surface area contributed by atoms with Gasteiger partial charge in [0.1, 0.15) is 5.69 Å². The number of rotatable bonds is 8. The lowest BCUT2D eigenvalue weighted by atomic mass is 9.80. The summed E-state index contributed by atoms with van der Waals surface area (Å²) >= 11 is 1.37. The Hall–Kier alpha value is -3.77. The lowest BCUT2D eigenvalue weighted by molar-refractivity contribution is -0.135. The van der Waals surface area contributed by atoms with E-state index in [2.05, 4.69) is 10.1 Å². The van der Waals surface area contributed by atoms with Gasteiger partial charge in [0, 0.05) is 22.1 Å². The van der Waals surface area contributed by atoms with Gasteiger partial charge in [0.2, 0.25) is 11.3 Å². The molecule has 0 fully saturated rings. The molecule has 5 nitrogen and oxygen atoms in total. The summed E-state index contributed by atoms with van der Waals surface area (Å²) < 4.78 is 5.23. The zero-order chi connectivity index (χ0) is 22.2. The highest BCUT2D eigenvalue weighted by molar-refractivity contribution is 7.07. The van der Waals surface area contributed by atoms with Crippen molar-refractivity contribution >= 4 is 23.0 Å². The first kappa shape index (κ1) is 21.5. The maximum Gasteiger partial charge on any atom is 0.362 e. The predicted octanol–water partition coefficient (Wildman–Crippen LogP) is 5.42. The number of esters is 1. The quantitative estimate of drug-likeness (QED) is 0.158. The highest BCUT2D eigenvalue weighted by Crippen LogP contribution is 2.40. The van der Waals surface area contributed by atoms with Crippen molar-refractivity contribution in [1.82, 2.24) is 4.98 Å². The van der Waals surface area contributed by atoms with Gasteiger partial charge >= 0.3 is 5.97 Å². The van der Waals surface area contributed by atoms with E-state index in [0.29, 0.717) is 5.69 Å². The standard InChI is InChI=1S/C26H22N2O3S/c1-2-30-25(29)24(23-18-32-19-27-23)28-31-26(20-12-6-3-7-13-20,21-14-8-4-9-15-21)22-16-10-5-11-17-22/h3-19H,2H2,1H3. The van der Waals surface area contributed by atoms with Crippen molar-refractivity contribution < 1.29 is 14.4 Å².